The van der Waals surface area contributed by atoms with Gasteiger partial charge in [0.2, 0.25) is 0 Å². The highest BCUT2D eigenvalue weighted by Crippen LogP contribution is 2.28. The van der Waals surface area contributed by atoms with Crippen LogP contribution in [0.3, 0.4) is 0 Å². The van der Waals surface area contributed by atoms with Crippen LogP contribution in [0, 0.1) is 12.7 Å². The van der Waals surface area contributed by atoms with Crippen LogP contribution in [0.1, 0.15) is 20.8 Å². The molecule has 2 rings (SSSR count). The van der Waals surface area contributed by atoms with Crippen LogP contribution in [0.15, 0.2) is 28.1 Å². The quantitative estimate of drug-likeness (QED) is 0.804. The highest BCUT2D eigenvalue weighted by molar-refractivity contribution is 9.11. The van der Waals surface area contributed by atoms with Crippen LogP contribution in [0.2, 0.25) is 0 Å². The second-order valence-corrected chi connectivity index (χ2v) is 6.86. The Morgan fingerprint density at radius 3 is 2.75 bits per heavy atom. The third-order valence-corrected chi connectivity index (χ3v) is 4.93. The lowest BCUT2D eigenvalue weighted by molar-refractivity contribution is 0.103. The molecule has 0 radical (unpaired) electrons. The van der Waals surface area contributed by atoms with Gasteiger partial charge in [-0.3, -0.25) is 4.79 Å². The highest BCUT2D eigenvalue weighted by atomic mass is 79.9. The Hall–Kier alpha value is -1.31. The van der Waals surface area contributed by atoms with E-state index in [-0.39, 0.29) is 22.1 Å². The van der Waals surface area contributed by atoms with Gasteiger partial charge in [0.25, 0.3) is 5.91 Å². The Kier molecular flexibility index (Phi) is 4.52. The number of rotatable bonds is 3. The van der Waals surface area contributed by atoms with Gasteiger partial charge in [-0.25, -0.2) is 4.39 Å². The number of aryl methyl sites for hydroxylation is 1. The maximum atomic E-state index is 13.7. The van der Waals surface area contributed by atoms with Crippen LogP contribution >= 0.6 is 39.5 Å². The zero-order valence-electron chi connectivity index (χ0n) is 10.4. The lowest BCUT2D eigenvalue weighted by atomic mass is 10.1. The average molecular weight is 373 g/mol. The monoisotopic (exact) mass is 372 g/mol. The molecule has 0 spiro atoms. The third kappa shape index (κ3) is 3.05. The number of benzene rings is 1. The normalized spacial score (nSPS) is 10.3. The van der Waals surface area contributed by atoms with Crippen molar-refractivity contribution in [2.45, 2.75) is 6.92 Å². The van der Waals surface area contributed by atoms with Gasteiger partial charge >= 0.3 is 0 Å². The number of carbonyl (C=O) groups excluding carboxylic acids is 1. The molecule has 1 heterocycles. The van der Waals surface area contributed by atoms with E-state index in [1.807, 2.05) is 6.92 Å². The van der Waals surface area contributed by atoms with E-state index in [4.69, 9.17) is 18.0 Å². The first-order valence-electron chi connectivity index (χ1n) is 5.55. The zero-order valence-corrected chi connectivity index (χ0v) is 13.6. The predicted octanol–water partition coefficient (Wildman–Crippen LogP) is 3.84. The van der Waals surface area contributed by atoms with E-state index < -0.39 is 5.82 Å². The Labute approximate surface area is 133 Å². The second kappa shape index (κ2) is 5.99. The van der Waals surface area contributed by atoms with Crippen molar-refractivity contribution in [3.8, 4) is 0 Å². The van der Waals surface area contributed by atoms with Crippen LogP contribution in [0.25, 0.3) is 0 Å². The molecule has 3 nitrogen and oxygen atoms in total. The summed E-state index contributed by atoms with van der Waals surface area (Å²) in [6.07, 6.45) is 0. The molecule has 0 bridgehead atoms. The van der Waals surface area contributed by atoms with E-state index in [0.717, 1.165) is 9.35 Å². The van der Waals surface area contributed by atoms with Crippen molar-refractivity contribution < 1.29 is 9.18 Å². The van der Waals surface area contributed by atoms with Crippen molar-refractivity contribution in [1.82, 2.24) is 0 Å². The van der Waals surface area contributed by atoms with Crippen molar-refractivity contribution >= 4 is 56.1 Å². The molecule has 1 aromatic carbocycles. The number of amides is 1. The largest absolute Gasteiger partial charge is 0.389 e. The first kappa shape index (κ1) is 15.1. The van der Waals surface area contributed by atoms with Gasteiger partial charge < -0.3 is 11.1 Å². The van der Waals surface area contributed by atoms with Gasteiger partial charge in [0.1, 0.15) is 10.8 Å². The smallest absolute Gasteiger partial charge is 0.265 e. The molecule has 2 aromatic rings. The maximum absolute atomic E-state index is 13.7. The Morgan fingerprint density at radius 1 is 1.50 bits per heavy atom. The van der Waals surface area contributed by atoms with E-state index in [0.29, 0.717) is 4.88 Å². The fourth-order valence-electron chi connectivity index (χ4n) is 1.63. The molecule has 104 valence electrons. The molecule has 1 amide bonds. The summed E-state index contributed by atoms with van der Waals surface area (Å²) in [6, 6.07) is 6.05. The van der Waals surface area contributed by atoms with Crippen LogP contribution in [-0.2, 0) is 0 Å². The van der Waals surface area contributed by atoms with Crippen LogP contribution in [0.5, 0.6) is 0 Å². The van der Waals surface area contributed by atoms with Gasteiger partial charge in [0.05, 0.1) is 19.9 Å². The topological polar surface area (TPSA) is 55.1 Å². The van der Waals surface area contributed by atoms with Crippen LogP contribution in [0.4, 0.5) is 10.1 Å². The molecule has 0 fully saturated rings. The molecule has 1 aromatic heterocycles. The van der Waals surface area contributed by atoms with Gasteiger partial charge in [0, 0.05) is 0 Å². The molecular weight excluding hydrogens is 363 g/mol. The summed E-state index contributed by atoms with van der Waals surface area (Å²) in [4.78, 5) is 12.6. The second-order valence-electron chi connectivity index (χ2n) is 4.05. The van der Waals surface area contributed by atoms with Crippen molar-refractivity contribution in [3.05, 3.63) is 49.9 Å². The fourth-order valence-corrected chi connectivity index (χ4v) is 3.27. The molecule has 0 aliphatic heterocycles. The number of halogens is 2. The van der Waals surface area contributed by atoms with Crippen molar-refractivity contribution in [1.29, 1.82) is 0 Å². The van der Waals surface area contributed by atoms with Gasteiger partial charge in [-0.1, -0.05) is 18.3 Å². The number of hydrogen-bond donors (Lipinski definition) is 2. The molecule has 0 unspecified atom stereocenters. The number of thiocarbonyl (C=S) groups is 1. The number of thiophene rings is 1. The maximum Gasteiger partial charge on any atom is 0.265 e. The lowest BCUT2D eigenvalue weighted by Crippen LogP contribution is -2.18. The predicted molar refractivity (Wildman–Crippen MR) is 87.0 cm³/mol. The van der Waals surface area contributed by atoms with E-state index >= 15 is 0 Å². The van der Waals surface area contributed by atoms with Crippen LogP contribution < -0.4 is 11.1 Å². The summed E-state index contributed by atoms with van der Waals surface area (Å²) in [5.41, 5.74) is 6.77. The number of hydrogen-bond acceptors (Lipinski definition) is 3. The van der Waals surface area contributed by atoms with E-state index in [2.05, 4.69) is 21.2 Å². The number of nitrogens with two attached hydrogens (primary N) is 1. The molecule has 3 N–H and O–H groups in total. The van der Waals surface area contributed by atoms with Gasteiger partial charge in [0.15, 0.2) is 0 Å². The Bertz CT molecular complexity index is 680. The molecule has 0 saturated carbocycles. The summed E-state index contributed by atoms with van der Waals surface area (Å²) >= 11 is 9.48. The summed E-state index contributed by atoms with van der Waals surface area (Å²) < 4.78 is 14.6. The Balaban J connectivity index is 2.33. The summed E-state index contributed by atoms with van der Waals surface area (Å²) in [7, 11) is 0. The number of carbonyl (C=O) groups is 1. The molecule has 0 aliphatic rings. The minimum Gasteiger partial charge on any atom is -0.389 e. The molecule has 0 saturated heterocycles. The van der Waals surface area contributed by atoms with Gasteiger partial charge in [-0.05, 0) is 46.6 Å². The molecular formula is C13H10BrFN2OS2. The first-order valence-corrected chi connectivity index (χ1v) is 7.57. The van der Waals surface area contributed by atoms with E-state index in [1.54, 1.807) is 12.1 Å². The summed E-state index contributed by atoms with van der Waals surface area (Å²) in [5.74, 6) is -0.884. The van der Waals surface area contributed by atoms with Gasteiger partial charge in [-0.2, -0.15) is 0 Å². The SMILES string of the molecule is Cc1cc(C(=O)Nc2cccc(F)c2C(N)=S)sc1Br. The highest BCUT2D eigenvalue weighted by Gasteiger charge is 2.16. The average Bonchev–Trinajstić information content (AvgIpc) is 2.69. The van der Waals surface area contributed by atoms with E-state index in [1.165, 1.54) is 23.5 Å². The van der Waals surface area contributed by atoms with E-state index in [9.17, 15) is 9.18 Å². The van der Waals surface area contributed by atoms with Crippen molar-refractivity contribution in [2.24, 2.45) is 5.73 Å². The lowest BCUT2D eigenvalue weighted by Gasteiger charge is -2.10. The first-order chi connectivity index (χ1) is 9.40. The molecule has 20 heavy (non-hydrogen) atoms. The number of anilines is 1. The van der Waals surface area contributed by atoms with Crippen molar-refractivity contribution in [3.63, 3.8) is 0 Å². The number of nitrogens with one attached hydrogen (secondary N) is 1. The standard InChI is InChI=1S/C13H10BrFN2OS2/c1-6-5-9(20-11(6)14)13(18)17-8-4-2-3-7(15)10(8)12(16)19/h2-5H,1H3,(H2,16,19)(H,17,18). The van der Waals surface area contributed by atoms with Gasteiger partial charge in [-0.15, -0.1) is 11.3 Å². The minimum atomic E-state index is -0.557. The minimum absolute atomic E-state index is 0.0446. The molecule has 0 atom stereocenters. The van der Waals surface area contributed by atoms with Crippen LogP contribution in [-0.4, -0.2) is 10.9 Å². The summed E-state index contributed by atoms with van der Waals surface area (Å²) in [6.45, 7) is 1.89. The fraction of sp³-hybridized carbons (Fsp3) is 0.0769. The summed E-state index contributed by atoms with van der Waals surface area (Å²) in [5, 5.41) is 2.63. The zero-order chi connectivity index (χ0) is 14.9. The molecule has 0 aliphatic carbocycles. The molecule has 7 heteroatoms. The Morgan fingerprint density at radius 2 is 2.20 bits per heavy atom. The van der Waals surface area contributed by atoms with Crippen molar-refractivity contribution in [2.75, 3.05) is 5.32 Å². The third-order valence-electron chi connectivity index (χ3n) is 2.59.